The summed E-state index contributed by atoms with van der Waals surface area (Å²) in [5, 5.41) is 22.3. The van der Waals surface area contributed by atoms with Gasteiger partial charge in [0.2, 0.25) is 5.82 Å². The molecule has 0 spiro atoms. The maximum Gasteiger partial charge on any atom is 0.337 e. The van der Waals surface area contributed by atoms with Gasteiger partial charge in [-0.2, -0.15) is 4.80 Å². The van der Waals surface area contributed by atoms with Crippen LogP contribution in [0.1, 0.15) is 10.4 Å². The zero-order chi connectivity index (χ0) is 18.4. The number of hydrogen-bond donors (Lipinski definition) is 1. The van der Waals surface area contributed by atoms with E-state index in [-0.39, 0.29) is 13.2 Å². The smallest absolute Gasteiger partial charge is 0.337 e. The summed E-state index contributed by atoms with van der Waals surface area (Å²) in [6.07, 6.45) is -0.812. The fourth-order valence-corrected chi connectivity index (χ4v) is 2.26. The molecule has 2 aromatic carbocycles. The highest BCUT2D eigenvalue weighted by molar-refractivity contribution is 5.89. The highest BCUT2D eigenvalue weighted by Crippen LogP contribution is 2.14. The molecule has 8 heteroatoms. The third-order valence-electron chi connectivity index (χ3n) is 3.58. The zero-order valence-corrected chi connectivity index (χ0v) is 14.1. The molecule has 26 heavy (non-hydrogen) atoms. The number of aliphatic hydroxyl groups excluding tert-OH is 1. The number of benzene rings is 2. The van der Waals surface area contributed by atoms with E-state index in [2.05, 4.69) is 20.1 Å². The van der Waals surface area contributed by atoms with Gasteiger partial charge in [-0.05, 0) is 29.5 Å². The summed E-state index contributed by atoms with van der Waals surface area (Å²) in [5.41, 5.74) is 1.29. The summed E-state index contributed by atoms with van der Waals surface area (Å²) in [6, 6.07) is 15.9. The minimum atomic E-state index is -0.812. The van der Waals surface area contributed by atoms with Crippen LogP contribution in [0, 0.1) is 0 Å². The largest absolute Gasteiger partial charge is 0.491 e. The van der Waals surface area contributed by atoms with Crippen molar-refractivity contribution in [2.45, 2.75) is 12.6 Å². The zero-order valence-electron chi connectivity index (χ0n) is 14.1. The number of ether oxygens (including phenoxy) is 2. The minimum Gasteiger partial charge on any atom is -0.491 e. The van der Waals surface area contributed by atoms with Gasteiger partial charge in [0.05, 0.1) is 19.2 Å². The molecule has 0 aliphatic carbocycles. The van der Waals surface area contributed by atoms with Crippen LogP contribution in [-0.4, -0.2) is 51.1 Å². The molecule has 0 fully saturated rings. The van der Waals surface area contributed by atoms with E-state index < -0.39 is 12.1 Å². The van der Waals surface area contributed by atoms with Crippen molar-refractivity contribution in [3.05, 3.63) is 60.2 Å². The maximum absolute atomic E-state index is 11.4. The van der Waals surface area contributed by atoms with Gasteiger partial charge >= 0.3 is 5.97 Å². The predicted octanol–water partition coefficient (Wildman–Crippen LogP) is 1.57. The lowest BCUT2D eigenvalue weighted by Crippen LogP contribution is -2.25. The molecule has 0 radical (unpaired) electrons. The van der Waals surface area contributed by atoms with Crippen molar-refractivity contribution in [3.8, 4) is 17.1 Å². The van der Waals surface area contributed by atoms with E-state index in [4.69, 9.17) is 4.74 Å². The van der Waals surface area contributed by atoms with Crippen LogP contribution in [0.2, 0.25) is 0 Å². The standard InChI is InChI=1S/C18H18N4O4/c1-25-18(24)14-7-9-16(10-8-14)26-12-15(23)11-22-20-17(19-21-22)13-5-3-2-4-6-13/h2-10,15,23H,11-12H2,1H3. The normalized spacial score (nSPS) is 11.8. The predicted molar refractivity (Wildman–Crippen MR) is 92.5 cm³/mol. The highest BCUT2D eigenvalue weighted by Gasteiger charge is 2.11. The SMILES string of the molecule is COC(=O)c1ccc(OCC(O)Cn2nnc(-c3ccccc3)n2)cc1. The van der Waals surface area contributed by atoms with Gasteiger partial charge in [0.1, 0.15) is 18.5 Å². The van der Waals surface area contributed by atoms with Crippen LogP contribution in [0.3, 0.4) is 0 Å². The first-order chi connectivity index (χ1) is 12.7. The Balaban J connectivity index is 1.52. The van der Waals surface area contributed by atoms with Crippen molar-refractivity contribution in [3.63, 3.8) is 0 Å². The summed E-state index contributed by atoms with van der Waals surface area (Å²) in [6.45, 7) is 0.208. The van der Waals surface area contributed by atoms with Gasteiger partial charge in [-0.15, -0.1) is 10.2 Å². The van der Waals surface area contributed by atoms with Gasteiger partial charge in [-0.3, -0.25) is 0 Å². The molecule has 0 saturated carbocycles. The molecule has 1 atom stereocenters. The fourth-order valence-electron chi connectivity index (χ4n) is 2.26. The molecule has 1 heterocycles. The number of carbonyl (C=O) groups is 1. The average molecular weight is 354 g/mol. The van der Waals surface area contributed by atoms with Crippen LogP contribution < -0.4 is 4.74 Å². The second-order valence-electron chi connectivity index (χ2n) is 5.51. The van der Waals surface area contributed by atoms with Gasteiger partial charge < -0.3 is 14.6 Å². The molecule has 0 saturated heterocycles. The second-order valence-corrected chi connectivity index (χ2v) is 5.51. The molecule has 3 rings (SSSR count). The summed E-state index contributed by atoms with van der Waals surface area (Å²) in [4.78, 5) is 12.7. The lowest BCUT2D eigenvalue weighted by molar-refractivity contribution is 0.0600. The summed E-state index contributed by atoms with van der Waals surface area (Å²) in [5.74, 6) is 0.619. The van der Waals surface area contributed by atoms with Crippen LogP contribution in [0.4, 0.5) is 0 Å². The Morgan fingerprint density at radius 1 is 1.15 bits per heavy atom. The van der Waals surface area contributed by atoms with E-state index in [0.717, 1.165) is 5.56 Å². The van der Waals surface area contributed by atoms with Gasteiger partial charge in [0, 0.05) is 5.56 Å². The summed E-state index contributed by atoms with van der Waals surface area (Å²) >= 11 is 0. The van der Waals surface area contributed by atoms with Crippen LogP contribution in [-0.2, 0) is 11.3 Å². The van der Waals surface area contributed by atoms with E-state index in [1.165, 1.54) is 11.9 Å². The topological polar surface area (TPSA) is 99.4 Å². The first kappa shape index (κ1) is 17.6. The molecule has 1 N–H and O–H groups in total. The van der Waals surface area contributed by atoms with Gasteiger partial charge in [-0.1, -0.05) is 30.3 Å². The first-order valence-electron chi connectivity index (χ1n) is 7.98. The Morgan fingerprint density at radius 3 is 2.58 bits per heavy atom. The molecule has 0 amide bonds. The maximum atomic E-state index is 11.4. The molecule has 0 aliphatic heterocycles. The van der Waals surface area contributed by atoms with E-state index in [9.17, 15) is 9.90 Å². The Labute approximate surface area is 150 Å². The number of tetrazole rings is 1. The summed E-state index contributed by atoms with van der Waals surface area (Å²) in [7, 11) is 1.32. The molecule has 8 nitrogen and oxygen atoms in total. The number of methoxy groups -OCH3 is 1. The van der Waals surface area contributed by atoms with E-state index in [0.29, 0.717) is 17.1 Å². The fraction of sp³-hybridized carbons (Fsp3) is 0.222. The molecule has 0 aliphatic rings. The number of hydrogen-bond acceptors (Lipinski definition) is 7. The number of aromatic nitrogens is 4. The van der Waals surface area contributed by atoms with Crippen molar-refractivity contribution in [2.24, 2.45) is 0 Å². The van der Waals surface area contributed by atoms with E-state index in [1.54, 1.807) is 24.3 Å². The van der Waals surface area contributed by atoms with E-state index >= 15 is 0 Å². The minimum absolute atomic E-state index is 0.0553. The first-order valence-corrected chi connectivity index (χ1v) is 7.98. The van der Waals surface area contributed by atoms with Gasteiger partial charge in [0.25, 0.3) is 0 Å². The number of carbonyl (C=O) groups excluding carboxylic acids is 1. The Morgan fingerprint density at radius 2 is 1.88 bits per heavy atom. The second kappa shape index (κ2) is 8.21. The lowest BCUT2D eigenvalue weighted by atomic mass is 10.2. The number of nitrogens with zero attached hydrogens (tertiary/aromatic N) is 4. The molecular formula is C18H18N4O4. The van der Waals surface area contributed by atoms with Gasteiger partial charge in [-0.25, -0.2) is 4.79 Å². The quantitative estimate of drug-likeness (QED) is 0.643. The van der Waals surface area contributed by atoms with Gasteiger partial charge in [0.15, 0.2) is 0 Å². The number of esters is 1. The Kier molecular flexibility index (Phi) is 5.55. The Hall–Kier alpha value is -3.26. The van der Waals surface area contributed by atoms with Crippen molar-refractivity contribution >= 4 is 5.97 Å². The third kappa shape index (κ3) is 4.42. The lowest BCUT2D eigenvalue weighted by Gasteiger charge is -2.11. The van der Waals surface area contributed by atoms with Crippen LogP contribution in [0.15, 0.2) is 54.6 Å². The van der Waals surface area contributed by atoms with Crippen molar-refractivity contribution in [1.29, 1.82) is 0 Å². The number of rotatable bonds is 7. The van der Waals surface area contributed by atoms with Crippen LogP contribution in [0.25, 0.3) is 11.4 Å². The third-order valence-corrected chi connectivity index (χ3v) is 3.58. The molecule has 1 aromatic heterocycles. The monoisotopic (exact) mass is 354 g/mol. The van der Waals surface area contributed by atoms with Crippen molar-refractivity contribution < 1.29 is 19.4 Å². The molecular weight excluding hydrogens is 336 g/mol. The van der Waals surface area contributed by atoms with E-state index in [1.807, 2.05) is 30.3 Å². The molecule has 1 unspecified atom stereocenters. The van der Waals surface area contributed by atoms with Crippen molar-refractivity contribution in [1.82, 2.24) is 20.2 Å². The Bertz CT molecular complexity index is 849. The van der Waals surface area contributed by atoms with Crippen molar-refractivity contribution in [2.75, 3.05) is 13.7 Å². The number of aliphatic hydroxyl groups is 1. The van der Waals surface area contributed by atoms with Crippen LogP contribution >= 0.6 is 0 Å². The highest BCUT2D eigenvalue weighted by atomic mass is 16.5. The van der Waals surface area contributed by atoms with Crippen LogP contribution in [0.5, 0.6) is 5.75 Å². The molecule has 134 valence electrons. The molecule has 3 aromatic rings. The average Bonchev–Trinajstić information content (AvgIpc) is 3.15. The summed E-state index contributed by atoms with van der Waals surface area (Å²) < 4.78 is 10.1. The molecule has 0 bridgehead atoms.